The fourth-order valence-electron chi connectivity index (χ4n) is 4.54. The van der Waals surface area contributed by atoms with Gasteiger partial charge in [0.05, 0.1) is 22.4 Å². The lowest BCUT2D eigenvalue weighted by molar-refractivity contribution is 0.0697. The van der Waals surface area contributed by atoms with Gasteiger partial charge in [0.25, 0.3) is 0 Å². The molecule has 3 heterocycles. The van der Waals surface area contributed by atoms with Crippen LogP contribution in [0.25, 0.3) is 10.2 Å². The highest BCUT2D eigenvalue weighted by atomic mass is 32.1. The molecule has 5 nitrogen and oxygen atoms in total. The highest BCUT2D eigenvalue weighted by Crippen LogP contribution is 2.44. The molecule has 126 valence electrons. The third-order valence-corrected chi connectivity index (χ3v) is 6.82. The Balaban J connectivity index is 1.61. The molecule has 3 fully saturated rings. The van der Waals surface area contributed by atoms with Crippen LogP contribution in [-0.2, 0) is 4.74 Å². The largest absolute Gasteiger partial charge is 0.478 e. The lowest BCUT2D eigenvalue weighted by atomic mass is 9.95. The summed E-state index contributed by atoms with van der Waals surface area (Å²) in [6.45, 7) is 2.52. The molecule has 2 saturated heterocycles. The van der Waals surface area contributed by atoms with Gasteiger partial charge in [0.2, 0.25) is 0 Å². The van der Waals surface area contributed by atoms with Crippen LogP contribution in [0.3, 0.4) is 0 Å². The van der Waals surface area contributed by atoms with Crippen molar-refractivity contribution in [1.82, 2.24) is 4.98 Å². The Kier molecular flexibility index (Phi) is 3.31. The monoisotopic (exact) mass is 344 g/mol. The number of thiazole rings is 1. The predicted molar refractivity (Wildman–Crippen MR) is 93.2 cm³/mol. The normalized spacial score (nSPS) is 29.0. The first-order chi connectivity index (χ1) is 11.7. The second kappa shape index (κ2) is 5.43. The van der Waals surface area contributed by atoms with Crippen LogP contribution in [0.4, 0.5) is 5.13 Å². The van der Waals surface area contributed by atoms with E-state index in [0.29, 0.717) is 18.2 Å². The molecule has 3 unspecified atom stereocenters. The molecule has 1 aromatic heterocycles. The van der Waals surface area contributed by atoms with Crippen molar-refractivity contribution in [2.45, 2.75) is 37.6 Å². The molecule has 2 aromatic rings. The number of carboxylic acids is 1. The molecule has 2 aliphatic heterocycles. The summed E-state index contributed by atoms with van der Waals surface area (Å²) in [4.78, 5) is 18.9. The minimum atomic E-state index is -0.868. The Labute approximate surface area is 144 Å². The van der Waals surface area contributed by atoms with E-state index in [0.717, 1.165) is 46.4 Å². The van der Waals surface area contributed by atoms with Crippen molar-refractivity contribution in [3.05, 3.63) is 23.3 Å². The van der Waals surface area contributed by atoms with E-state index < -0.39 is 5.97 Å². The zero-order chi connectivity index (χ0) is 16.3. The van der Waals surface area contributed by atoms with E-state index in [2.05, 4.69) is 4.90 Å². The van der Waals surface area contributed by atoms with Gasteiger partial charge in [0.15, 0.2) is 5.13 Å². The second-order valence-corrected chi connectivity index (χ2v) is 8.27. The van der Waals surface area contributed by atoms with Crippen LogP contribution < -0.4 is 4.90 Å². The quantitative estimate of drug-likeness (QED) is 0.923. The van der Waals surface area contributed by atoms with Gasteiger partial charge in [-0.15, -0.1) is 0 Å². The molecule has 24 heavy (non-hydrogen) atoms. The molecule has 1 aromatic carbocycles. The van der Waals surface area contributed by atoms with Crippen LogP contribution in [0.2, 0.25) is 0 Å². The maximum absolute atomic E-state index is 11.5. The summed E-state index contributed by atoms with van der Waals surface area (Å²) in [5.41, 5.74) is 2.40. The Morgan fingerprint density at radius 3 is 2.92 bits per heavy atom. The molecule has 0 amide bonds. The highest BCUT2D eigenvalue weighted by molar-refractivity contribution is 7.22. The van der Waals surface area contributed by atoms with Crippen LogP contribution in [0.15, 0.2) is 12.1 Å². The maximum Gasteiger partial charge on any atom is 0.335 e. The van der Waals surface area contributed by atoms with Crippen LogP contribution in [-0.4, -0.2) is 41.9 Å². The lowest BCUT2D eigenvalue weighted by Gasteiger charge is -2.26. The first kappa shape index (κ1) is 14.7. The van der Waals surface area contributed by atoms with E-state index in [1.165, 1.54) is 19.3 Å². The van der Waals surface area contributed by atoms with Gasteiger partial charge in [-0.25, -0.2) is 9.78 Å². The number of aromatic carboxylic acids is 1. The predicted octanol–water partition coefficient (Wildman–Crippen LogP) is 3.49. The zero-order valence-corrected chi connectivity index (χ0v) is 14.2. The van der Waals surface area contributed by atoms with Crippen molar-refractivity contribution >= 4 is 32.7 Å². The molecular weight excluding hydrogens is 324 g/mol. The lowest BCUT2D eigenvalue weighted by Crippen LogP contribution is -2.31. The number of hydrogen-bond acceptors (Lipinski definition) is 5. The van der Waals surface area contributed by atoms with E-state index in [1.807, 2.05) is 6.07 Å². The van der Waals surface area contributed by atoms with Crippen molar-refractivity contribution in [3.8, 4) is 0 Å². The number of fused-ring (bicyclic) bond motifs is 3. The van der Waals surface area contributed by atoms with Crippen LogP contribution in [0, 0.1) is 5.92 Å². The standard InChI is InChI=1S/C18H20N2O3S/c21-17(22)12-6-14(11-3-4-23-9-11)16-15(7-12)24-18(19-16)20-8-10-1-2-13(20)5-10/h6-7,10-11,13H,1-5,8-9H2,(H,21,22). The van der Waals surface area contributed by atoms with Gasteiger partial charge in [-0.1, -0.05) is 11.3 Å². The topological polar surface area (TPSA) is 62.7 Å². The summed E-state index contributed by atoms with van der Waals surface area (Å²) in [6.07, 6.45) is 4.85. The van der Waals surface area contributed by atoms with Gasteiger partial charge in [0, 0.05) is 25.1 Å². The summed E-state index contributed by atoms with van der Waals surface area (Å²) in [5.74, 6) is 0.211. The number of rotatable bonds is 3. The fourth-order valence-corrected chi connectivity index (χ4v) is 5.66. The van der Waals surface area contributed by atoms with Gasteiger partial charge >= 0.3 is 5.97 Å². The molecule has 1 aliphatic carbocycles. The molecule has 1 N–H and O–H groups in total. The molecule has 3 aliphatic rings. The second-order valence-electron chi connectivity index (χ2n) is 7.26. The Hall–Kier alpha value is -1.66. The first-order valence-electron chi connectivity index (χ1n) is 8.71. The Morgan fingerprint density at radius 2 is 2.25 bits per heavy atom. The number of carboxylic acid groups (broad SMARTS) is 1. The number of nitrogens with zero attached hydrogens (tertiary/aromatic N) is 2. The van der Waals surface area contributed by atoms with E-state index in [1.54, 1.807) is 17.4 Å². The Bertz CT molecular complexity index is 812. The van der Waals surface area contributed by atoms with E-state index >= 15 is 0 Å². The molecule has 6 heteroatoms. The van der Waals surface area contributed by atoms with Crippen LogP contribution in [0.5, 0.6) is 0 Å². The zero-order valence-electron chi connectivity index (χ0n) is 13.4. The highest BCUT2D eigenvalue weighted by Gasteiger charge is 2.39. The van der Waals surface area contributed by atoms with Gasteiger partial charge in [-0.05, 0) is 49.3 Å². The number of aromatic nitrogens is 1. The minimum Gasteiger partial charge on any atom is -0.478 e. The van der Waals surface area contributed by atoms with Gasteiger partial charge in [-0.3, -0.25) is 0 Å². The van der Waals surface area contributed by atoms with E-state index in [9.17, 15) is 9.90 Å². The number of piperidine rings is 1. The third-order valence-electron chi connectivity index (χ3n) is 5.78. The summed E-state index contributed by atoms with van der Waals surface area (Å²) >= 11 is 1.65. The Morgan fingerprint density at radius 1 is 1.33 bits per heavy atom. The number of carbonyl (C=O) groups is 1. The van der Waals surface area contributed by atoms with Crippen molar-refractivity contribution < 1.29 is 14.6 Å². The smallest absolute Gasteiger partial charge is 0.335 e. The van der Waals surface area contributed by atoms with Gasteiger partial charge < -0.3 is 14.7 Å². The maximum atomic E-state index is 11.5. The van der Waals surface area contributed by atoms with E-state index in [4.69, 9.17) is 9.72 Å². The number of benzene rings is 1. The number of ether oxygens (including phenoxy) is 1. The fraction of sp³-hybridized carbons (Fsp3) is 0.556. The first-order valence-corrected chi connectivity index (χ1v) is 9.53. The average Bonchev–Trinajstić information content (AvgIpc) is 3.36. The van der Waals surface area contributed by atoms with E-state index in [-0.39, 0.29) is 5.92 Å². The minimum absolute atomic E-state index is 0.261. The molecule has 5 rings (SSSR count). The van der Waals surface area contributed by atoms with Crippen LogP contribution >= 0.6 is 11.3 Å². The molecule has 0 radical (unpaired) electrons. The molecule has 3 atom stereocenters. The van der Waals surface area contributed by atoms with Crippen molar-refractivity contribution in [2.75, 3.05) is 24.7 Å². The number of anilines is 1. The van der Waals surface area contributed by atoms with Crippen LogP contribution in [0.1, 0.15) is 47.5 Å². The SMILES string of the molecule is O=C(O)c1cc(C2CCOC2)c2nc(N3CC4CCC3C4)sc2c1. The summed E-state index contributed by atoms with van der Waals surface area (Å²) in [5, 5.41) is 10.5. The van der Waals surface area contributed by atoms with Crippen molar-refractivity contribution in [3.63, 3.8) is 0 Å². The van der Waals surface area contributed by atoms with Gasteiger partial charge in [-0.2, -0.15) is 0 Å². The number of hydrogen-bond donors (Lipinski definition) is 1. The van der Waals surface area contributed by atoms with Gasteiger partial charge in [0.1, 0.15) is 0 Å². The van der Waals surface area contributed by atoms with Crippen molar-refractivity contribution in [1.29, 1.82) is 0 Å². The molecular formula is C18H20N2O3S. The molecule has 2 bridgehead atoms. The molecule has 0 spiro atoms. The summed E-state index contributed by atoms with van der Waals surface area (Å²) < 4.78 is 6.52. The average molecular weight is 344 g/mol. The summed E-state index contributed by atoms with van der Waals surface area (Å²) in [7, 11) is 0. The summed E-state index contributed by atoms with van der Waals surface area (Å²) in [6, 6.07) is 4.23. The van der Waals surface area contributed by atoms with Crippen molar-refractivity contribution in [2.24, 2.45) is 5.92 Å². The molecule has 1 saturated carbocycles. The third kappa shape index (κ3) is 2.24.